The summed E-state index contributed by atoms with van der Waals surface area (Å²) < 4.78 is 38.8. The van der Waals surface area contributed by atoms with Crippen molar-refractivity contribution in [1.82, 2.24) is 25.9 Å². The van der Waals surface area contributed by atoms with Crippen LogP contribution in [-0.4, -0.2) is 38.7 Å². The highest BCUT2D eigenvalue weighted by Crippen LogP contribution is 2.52. The Labute approximate surface area is 139 Å². The molecule has 1 aromatic heterocycles. The summed E-state index contributed by atoms with van der Waals surface area (Å²) in [5.41, 5.74) is -1.91. The van der Waals surface area contributed by atoms with E-state index in [4.69, 9.17) is 0 Å². The van der Waals surface area contributed by atoms with Gasteiger partial charge in [-0.2, -0.15) is 18.4 Å². The van der Waals surface area contributed by atoms with E-state index in [1.54, 1.807) is 6.92 Å². The van der Waals surface area contributed by atoms with Gasteiger partial charge in [-0.05, 0) is 12.5 Å². The number of H-pyrrole nitrogens is 1. The standard InChI is InChI=1S/C14H14F3N7O/c1-8(6-11-19-23-24-20-11)18-12(25)7-9-2-4-10(5-3-9)13(21-22-13)14(15,16)17/h2-5,8H,6-7H2,1H3,(H,18,25)(H,19,20,23,24). The molecule has 1 aromatic carbocycles. The molecular weight excluding hydrogens is 339 g/mol. The van der Waals surface area contributed by atoms with Gasteiger partial charge in [0.05, 0.1) is 6.42 Å². The normalized spacial score (nSPS) is 16.5. The lowest BCUT2D eigenvalue weighted by molar-refractivity contribution is -0.166. The highest BCUT2D eigenvalue weighted by Gasteiger charge is 2.65. The third-order valence-electron chi connectivity index (χ3n) is 3.70. The predicted octanol–water partition coefficient (Wildman–Crippen LogP) is 1.67. The zero-order valence-electron chi connectivity index (χ0n) is 13.1. The number of aromatic nitrogens is 4. The van der Waals surface area contributed by atoms with Gasteiger partial charge in [-0.3, -0.25) is 4.79 Å². The first-order valence-electron chi connectivity index (χ1n) is 7.42. The topological polar surface area (TPSA) is 108 Å². The molecule has 0 radical (unpaired) electrons. The maximum atomic E-state index is 12.9. The van der Waals surface area contributed by atoms with Crippen LogP contribution in [0.3, 0.4) is 0 Å². The van der Waals surface area contributed by atoms with E-state index in [2.05, 4.69) is 36.2 Å². The smallest absolute Gasteiger partial charge is 0.353 e. The van der Waals surface area contributed by atoms with Crippen molar-refractivity contribution in [3.05, 3.63) is 41.2 Å². The lowest BCUT2D eigenvalue weighted by Crippen LogP contribution is -2.35. The molecule has 25 heavy (non-hydrogen) atoms. The number of carbonyl (C=O) groups excluding carboxylic acids is 1. The summed E-state index contributed by atoms with van der Waals surface area (Å²) in [4.78, 5) is 12.0. The monoisotopic (exact) mass is 353 g/mol. The highest BCUT2D eigenvalue weighted by atomic mass is 19.4. The number of amides is 1. The van der Waals surface area contributed by atoms with E-state index in [0.29, 0.717) is 17.8 Å². The van der Waals surface area contributed by atoms with E-state index in [9.17, 15) is 18.0 Å². The summed E-state index contributed by atoms with van der Waals surface area (Å²) in [7, 11) is 0. The van der Waals surface area contributed by atoms with Crippen molar-refractivity contribution in [2.75, 3.05) is 0 Å². The van der Waals surface area contributed by atoms with Crippen LogP contribution in [0.25, 0.3) is 0 Å². The van der Waals surface area contributed by atoms with Crippen LogP contribution >= 0.6 is 0 Å². The minimum Gasteiger partial charge on any atom is -0.353 e. The Morgan fingerprint density at radius 2 is 1.96 bits per heavy atom. The Kier molecular flexibility index (Phi) is 4.23. The van der Waals surface area contributed by atoms with E-state index in [0.717, 1.165) is 0 Å². The van der Waals surface area contributed by atoms with E-state index < -0.39 is 11.8 Å². The summed E-state index contributed by atoms with van der Waals surface area (Å²) in [5, 5.41) is 22.4. The molecule has 0 spiro atoms. The Morgan fingerprint density at radius 3 is 2.48 bits per heavy atom. The van der Waals surface area contributed by atoms with Crippen LogP contribution < -0.4 is 5.32 Å². The molecule has 0 fully saturated rings. The highest BCUT2D eigenvalue weighted by molar-refractivity contribution is 5.78. The molecule has 1 amide bonds. The van der Waals surface area contributed by atoms with Crippen molar-refractivity contribution in [3.8, 4) is 0 Å². The number of benzene rings is 1. The van der Waals surface area contributed by atoms with Crippen LogP contribution in [0.5, 0.6) is 0 Å². The number of nitrogens with one attached hydrogen (secondary N) is 2. The molecule has 1 atom stereocenters. The van der Waals surface area contributed by atoms with Gasteiger partial charge < -0.3 is 5.32 Å². The summed E-state index contributed by atoms with van der Waals surface area (Å²) in [6, 6.07) is 5.31. The number of aromatic amines is 1. The molecule has 0 bridgehead atoms. The number of carbonyl (C=O) groups is 1. The van der Waals surface area contributed by atoms with Crippen molar-refractivity contribution < 1.29 is 18.0 Å². The minimum atomic E-state index is -4.56. The van der Waals surface area contributed by atoms with Crippen molar-refractivity contribution >= 4 is 5.91 Å². The molecule has 0 saturated carbocycles. The second-order valence-electron chi connectivity index (χ2n) is 5.74. The van der Waals surface area contributed by atoms with Gasteiger partial charge >= 0.3 is 11.8 Å². The Morgan fingerprint density at radius 1 is 1.28 bits per heavy atom. The number of halogens is 3. The quantitative estimate of drug-likeness (QED) is 0.823. The molecule has 132 valence electrons. The molecule has 0 aliphatic carbocycles. The van der Waals surface area contributed by atoms with Gasteiger partial charge in [0.15, 0.2) is 5.82 Å². The first-order valence-corrected chi connectivity index (χ1v) is 7.42. The molecule has 1 aliphatic heterocycles. The number of hydrogen-bond acceptors (Lipinski definition) is 6. The van der Waals surface area contributed by atoms with E-state index in [-0.39, 0.29) is 23.9 Å². The first kappa shape index (κ1) is 17.0. The molecule has 1 unspecified atom stereocenters. The summed E-state index contributed by atoms with van der Waals surface area (Å²) in [6.45, 7) is 1.79. The van der Waals surface area contributed by atoms with Crippen LogP contribution in [0.2, 0.25) is 0 Å². The lowest BCUT2D eigenvalue weighted by Gasteiger charge is -2.15. The van der Waals surface area contributed by atoms with Crippen LogP contribution in [0.1, 0.15) is 23.9 Å². The van der Waals surface area contributed by atoms with Gasteiger partial charge in [0.25, 0.3) is 0 Å². The van der Waals surface area contributed by atoms with Crippen LogP contribution in [0.4, 0.5) is 13.2 Å². The van der Waals surface area contributed by atoms with Crippen molar-refractivity contribution in [2.45, 2.75) is 37.6 Å². The largest absolute Gasteiger partial charge is 0.442 e. The van der Waals surface area contributed by atoms with Gasteiger partial charge in [-0.15, -0.1) is 20.4 Å². The fourth-order valence-corrected chi connectivity index (χ4v) is 2.40. The number of nitrogens with zero attached hydrogens (tertiary/aromatic N) is 5. The van der Waals surface area contributed by atoms with Gasteiger partial charge in [0.2, 0.25) is 5.91 Å². The third kappa shape index (κ3) is 3.64. The zero-order chi connectivity index (χ0) is 18.1. The molecule has 11 heteroatoms. The predicted molar refractivity (Wildman–Crippen MR) is 78.2 cm³/mol. The SMILES string of the molecule is CC(Cc1nn[nH]n1)NC(=O)Cc1ccc(C2(C(F)(F)F)N=N2)cc1. The first-order chi connectivity index (χ1) is 11.8. The maximum Gasteiger partial charge on any atom is 0.442 e. The van der Waals surface area contributed by atoms with Gasteiger partial charge in [0.1, 0.15) is 0 Å². The summed E-state index contributed by atoms with van der Waals surface area (Å²) >= 11 is 0. The Bertz CT molecular complexity index is 765. The Balaban J connectivity index is 1.55. The second kappa shape index (κ2) is 6.22. The Hall–Kier alpha value is -2.85. The van der Waals surface area contributed by atoms with E-state index >= 15 is 0 Å². The van der Waals surface area contributed by atoms with Crippen molar-refractivity contribution in [3.63, 3.8) is 0 Å². The summed E-state index contributed by atoms with van der Waals surface area (Å²) in [6.07, 6.45) is -4.10. The summed E-state index contributed by atoms with van der Waals surface area (Å²) in [5.74, 6) is 0.224. The molecule has 2 heterocycles. The maximum absolute atomic E-state index is 12.9. The van der Waals surface area contributed by atoms with Gasteiger partial charge in [0, 0.05) is 18.0 Å². The van der Waals surface area contributed by atoms with E-state index in [1.165, 1.54) is 24.3 Å². The fraction of sp³-hybridized carbons (Fsp3) is 0.429. The van der Waals surface area contributed by atoms with E-state index in [1.807, 2.05) is 0 Å². The molecular formula is C14H14F3N7O. The van der Waals surface area contributed by atoms with Crippen LogP contribution in [0.15, 0.2) is 34.5 Å². The van der Waals surface area contributed by atoms with Crippen molar-refractivity contribution in [1.29, 1.82) is 0 Å². The fourth-order valence-electron chi connectivity index (χ4n) is 2.40. The average molecular weight is 353 g/mol. The van der Waals surface area contributed by atoms with Crippen LogP contribution in [-0.2, 0) is 23.3 Å². The van der Waals surface area contributed by atoms with Gasteiger partial charge in [-0.25, -0.2) is 0 Å². The van der Waals surface area contributed by atoms with Gasteiger partial charge in [-0.1, -0.05) is 29.5 Å². The number of tetrazole rings is 1. The third-order valence-corrected chi connectivity index (χ3v) is 3.70. The molecule has 0 saturated heterocycles. The lowest BCUT2D eigenvalue weighted by atomic mass is 10.0. The molecule has 2 N–H and O–H groups in total. The van der Waals surface area contributed by atoms with Crippen molar-refractivity contribution in [2.24, 2.45) is 10.2 Å². The molecule has 8 nitrogen and oxygen atoms in total. The minimum absolute atomic E-state index is 0.0458. The molecule has 3 rings (SSSR count). The van der Waals surface area contributed by atoms with Crippen LogP contribution in [0, 0.1) is 0 Å². The number of hydrogen-bond donors (Lipinski definition) is 2. The number of rotatable bonds is 6. The molecule has 2 aromatic rings. The number of alkyl halides is 3. The second-order valence-corrected chi connectivity index (χ2v) is 5.74. The molecule has 1 aliphatic rings. The zero-order valence-corrected chi connectivity index (χ0v) is 13.1. The average Bonchev–Trinajstić information content (AvgIpc) is 3.20.